The van der Waals surface area contributed by atoms with Crippen LogP contribution in [0.15, 0.2) is 158 Å². The van der Waals surface area contributed by atoms with E-state index in [1.807, 2.05) is 36.4 Å². The maximum absolute atomic E-state index is 13.0. The molecule has 6 aromatic carbocycles. The monoisotopic (exact) mass is 720 g/mol. The number of fused-ring (bicyclic) bond motifs is 1. The smallest absolute Gasteiger partial charge is 0.308 e. The van der Waals surface area contributed by atoms with Gasteiger partial charge in [0.15, 0.2) is 0 Å². The summed E-state index contributed by atoms with van der Waals surface area (Å²) in [5, 5.41) is 0. The number of nitrogens with zero attached hydrogens (tertiary/aromatic N) is 2. The molecule has 0 fully saturated rings. The quantitative estimate of drug-likeness (QED) is 0.160. The van der Waals surface area contributed by atoms with Gasteiger partial charge in [0.05, 0.1) is 28.0 Å². The molecule has 0 bridgehead atoms. The highest BCUT2D eigenvalue weighted by Gasteiger charge is 2.29. The number of aryl methyl sites for hydroxylation is 3. The summed E-state index contributed by atoms with van der Waals surface area (Å²) in [7, 11) is 0. The maximum atomic E-state index is 13.0. The summed E-state index contributed by atoms with van der Waals surface area (Å²) in [6.07, 6.45) is -4.38. The van der Waals surface area contributed by atoms with E-state index in [2.05, 4.69) is 151 Å². The van der Waals surface area contributed by atoms with E-state index in [-0.39, 0.29) is 0 Å². The molecule has 0 spiro atoms. The van der Waals surface area contributed by atoms with Gasteiger partial charge < -0.3 is 9.13 Å². The third-order valence-corrected chi connectivity index (χ3v) is 9.68. The molecule has 2 nitrogen and oxygen atoms in total. The molecule has 0 N–H and O–H groups in total. The normalized spacial score (nSPS) is 11.2. The molecule has 2 heterocycles. The highest BCUT2D eigenvalue weighted by Crippen LogP contribution is 2.39. The van der Waals surface area contributed by atoms with Crippen LogP contribution in [-0.4, -0.2) is 9.13 Å². The standard InChI is InChI=1S/C50H35F3N2/c1-34-4-10-37(11-5-34)12-13-38-16-22-41(23-17-38)46-32-48-49(54(46)44-28-6-35(2)7-29-44)33-47(55(48)45-30-8-36(3)9-31-45)42-24-18-39(19-25-42)14-15-40-20-26-43(27-21-40)50(51,52)53/h4-11,16-33H,1-3H3. The van der Waals surface area contributed by atoms with Gasteiger partial charge in [-0.25, -0.2) is 0 Å². The highest BCUT2D eigenvalue weighted by molar-refractivity contribution is 5.93. The predicted octanol–water partition coefficient (Wildman–Crippen LogP) is 12.5. The fourth-order valence-electron chi connectivity index (χ4n) is 6.64. The van der Waals surface area contributed by atoms with Crippen molar-refractivity contribution in [3.8, 4) is 57.6 Å². The summed E-state index contributed by atoms with van der Waals surface area (Å²) in [5.41, 5.74) is 14.5. The van der Waals surface area contributed by atoms with Gasteiger partial charge in [-0.3, -0.25) is 0 Å². The second-order valence-electron chi connectivity index (χ2n) is 13.8. The summed E-state index contributed by atoms with van der Waals surface area (Å²) < 4.78 is 43.7. The molecule has 2 aromatic heterocycles. The minimum absolute atomic E-state index is 0.519. The number of alkyl halides is 3. The lowest BCUT2D eigenvalue weighted by Crippen LogP contribution is -2.04. The van der Waals surface area contributed by atoms with Gasteiger partial charge in [0.1, 0.15) is 0 Å². The van der Waals surface area contributed by atoms with Crippen LogP contribution in [0.1, 0.15) is 44.5 Å². The first-order chi connectivity index (χ1) is 26.6. The molecular formula is C50H35F3N2. The van der Waals surface area contributed by atoms with Crippen molar-refractivity contribution in [2.75, 3.05) is 0 Å². The minimum atomic E-state index is -4.38. The van der Waals surface area contributed by atoms with Crippen molar-refractivity contribution < 1.29 is 13.2 Å². The molecule has 55 heavy (non-hydrogen) atoms. The van der Waals surface area contributed by atoms with Crippen LogP contribution in [0, 0.1) is 44.5 Å². The number of aromatic nitrogens is 2. The lowest BCUT2D eigenvalue weighted by molar-refractivity contribution is -0.137. The van der Waals surface area contributed by atoms with E-state index in [1.54, 1.807) is 0 Å². The van der Waals surface area contributed by atoms with Gasteiger partial charge in [-0.15, -0.1) is 0 Å². The molecule has 0 radical (unpaired) electrons. The molecule has 8 aromatic rings. The van der Waals surface area contributed by atoms with Crippen LogP contribution in [0.5, 0.6) is 0 Å². The van der Waals surface area contributed by atoms with Crippen LogP contribution in [-0.2, 0) is 6.18 Å². The molecular weight excluding hydrogens is 686 g/mol. The van der Waals surface area contributed by atoms with Crippen molar-refractivity contribution in [1.29, 1.82) is 0 Å². The number of hydrogen-bond acceptors (Lipinski definition) is 0. The topological polar surface area (TPSA) is 9.86 Å². The summed E-state index contributed by atoms with van der Waals surface area (Å²) in [6.45, 7) is 6.25. The zero-order valence-corrected chi connectivity index (χ0v) is 30.5. The van der Waals surface area contributed by atoms with Crippen molar-refractivity contribution in [2.45, 2.75) is 26.9 Å². The van der Waals surface area contributed by atoms with E-state index in [0.717, 1.165) is 73.7 Å². The Hall–Kier alpha value is -6.95. The average Bonchev–Trinajstić information content (AvgIpc) is 3.75. The molecule has 8 rings (SSSR count). The molecule has 5 heteroatoms. The van der Waals surface area contributed by atoms with E-state index < -0.39 is 11.7 Å². The van der Waals surface area contributed by atoms with Crippen LogP contribution >= 0.6 is 0 Å². The Labute approximate surface area is 319 Å². The highest BCUT2D eigenvalue weighted by atomic mass is 19.4. The van der Waals surface area contributed by atoms with Crippen molar-refractivity contribution >= 4 is 11.0 Å². The van der Waals surface area contributed by atoms with Crippen LogP contribution in [0.4, 0.5) is 13.2 Å². The Bertz CT molecular complexity index is 2760. The number of halogens is 3. The van der Waals surface area contributed by atoms with Crippen LogP contribution in [0.25, 0.3) is 44.9 Å². The molecule has 0 saturated carbocycles. The van der Waals surface area contributed by atoms with Gasteiger partial charge >= 0.3 is 6.18 Å². The Morgan fingerprint density at radius 3 is 1.00 bits per heavy atom. The Morgan fingerprint density at radius 1 is 0.382 bits per heavy atom. The molecule has 0 aliphatic rings. The second kappa shape index (κ2) is 14.5. The third kappa shape index (κ3) is 7.47. The van der Waals surface area contributed by atoms with Crippen LogP contribution in [0.3, 0.4) is 0 Å². The van der Waals surface area contributed by atoms with Crippen molar-refractivity contribution in [3.63, 3.8) is 0 Å². The average molecular weight is 721 g/mol. The summed E-state index contributed by atoms with van der Waals surface area (Å²) in [4.78, 5) is 0. The molecule has 0 aliphatic heterocycles. The summed E-state index contributed by atoms with van der Waals surface area (Å²) in [5.74, 6) is 12.7. The Morgan fingerprint density at radius 2 is 0.673 bits per heavy atom. The van der Waals surface area contributed by atoms with Gasteiger partial charge in [0, 0.05) is 33.6 Å². The van der Waals surface area contributed by atoms with E-state index in [1.165, 1.54) is 28.8 Å². The zero-order chi connectivity index (χ0) is 38.1. The van der Waals surface area contributed by atoms with Gasteiger partial charge in [-0.05, 0) is 129 Å². The zero-order valence-electron chi connectivity index (χ0n) is 30.5. The van der Waals surface area contributed by atoms with Gasteiger partial charge in [0.2, 0.25) is 0 Å². The first-order valence-corrected chi connectivity index (χ1v) is 18.0. The molecule has 0 unspecified atom stereocenters. The predicted molar refractivity (Wildman–Crippen MR) is 218 cm³/mol. The lowest BCUT2D eigenvalue weighted by atomic mass is 10.1. The molecule has 0 aliphatic carbocycles. The summed E-state index contributed by atoms with van der Waals surface area (Å²) >= 11 is 0. The van der Waals surface area contributed by atoms with Crippen molar-refractivity contribution in [2.24, 2.45) is 0 Å². The van der Waals surface area contributed by atoms with Crippen LogP contribution in [0.2, 0.25) is 0 Å². The first kappa shape index (κ1) is 35.1. The molecule has 0 amide bonds. The van der Waals surface area contributed by atoms with Gasteiger partial charge in [-0.2, -0.15) is 13.2 Å². The van der Waals surface area contributed by atoms with E-state index in [9.17, 15) is 13.2 Å². The Balaban J connectivity index is 1.21. The second-order valence-corrected chi connectivity index (χ2v) is 13.8. The van der Waals surface area contributed by atoms with E-state index >= 15 is 0 Å². The molecule has 0 saturated heterocycles. The molecule has 266 valence electrons. The van der Waals surface area contributed by atoms with Gasteiger partial charge in [-0.1, -0.05) is 101 Å². The van der Waals surface area contributed by atoms with Crippen molar-refractivity contribution in [1.82, 2.24) is 9.13 Å². The fraction of sp³-hybridized carbons (Fsp3) is 0.0800. The Kier molecular flexibility index (Phi) is 9.23. The largest absolute Gasteiger partial charge is 0.416 e. The van der Waals surface area contributed by atoms with E-state index in [0.29, 0.717) is 5.56 Å². The van der Waals surface area contributed by atoms with Gasteiger partial charge in [0.25, 0.3) is 0 Å². The summed E-state index contributed by atoms with van der Waals surface area (Å²) in [6, 6.07) is 51.2. The van der Waals surface area contributed by atoms with Crippen LogP contribution < -0.4 is 0 Å². The first-order valence-electron chi connectivity index (χ1n) is 18.0. The number of rotatable bonds is 4. The molecule has 0 atom stereocenters. The maximum Gasteiger partial charge on any atom is 0.416 e. The fourth-order valence-corrected chi connectivity index (χ4v) is 6.64. The number of benzene rings is 6. The van der Waals surface area contributed by atoms with Crippen molar-refractivity contribution in [3.05, 3.63) is 202 Å². The van der Waals surface area contributed by atoms with E-state index in [4.69, 9.17) is 0 Å². The lowest BCUT2D eigenvalue weighted by Gasteiger charge is -2.12. The minimum Gasteiger partial charge on any atom is -0.308 e. The SMILES string of the molecule is Cc1ccc(C#Cc2ccc(-c3cc4c(cc(-c5ccc(C#Cc6ccc(C(F)(F)F)cc6)cc5)n4-c4ccc(C)cc4)n3-c3ccc(C)cc3)cc2)cc1. The third-order valence-electron chi connectivity index (χ3n) is 9.68. The number of hydrogen-bond donors (Lipinski definition) is 0.